The Morgan fingerprint density at radius 3 is 2.55 bits per heavy atom. The first-order valence-electron chi connectivity index (χ1n) is 10.8. The molecule has 172 valence electrons. The summed E-state index contributed by atoms with van der Waals surface area (Å²) in [6.45, 7) is 4.83. The fourth-order valence-corrected chi connectivity index (χ4v) is 5.79. The molecule has 0 bridgehead atoms. The number of ether oxygens (including phenoxy) is 1. The van der Waals surface area contributed by atoms with Crippen molar-refractivity contribution in [1.29, 1.82) is 0 Å². The number of carbonyl (C=O) groups excluding carboxylic acids is 1. The van der Waals surface area contributed by atoms with Gasteiger partial charge in [0.25, 0.3) is 15.9 Å². The lowest BCUT2D eigenvalue weighted by molar-refractivity contribution is 0.0781. The Bertz CT molecular complexity index is 1320. The maximum Gasteiger partial charge on any atom is 0.264 e. The van der Waals surface area contributed by atoms with Gasteiger partial charge >= 0.3 is 0 Å². The molecule has 0 saturated carbocycles. The molecule has 1 aliphatic rings. The van der Waals surface area contributed by atoms with Crippen molar-refractivity contribution in [3.05, 3.63) is 88.5 Å². The second-order valence-electron chi connectivity index (χ2n) is 8.41. The number of carbonyl (C=O) groups is 1. The Labute approximate surface area is 195 Å². The highest BCUT2D eigenvalue weighted by atomic mass is 32.2. The summed E-state index contributed by atoms with van der Waals surface area (Å²) in [7, 11) is -0.641. The molecule has 0 fully saturated rings. The number of fused-ring (bicyclic) bond motifs is 1. The van der Waals surface area contributed by atoms with Crippen LogP contribution in [0.5, 0.6) is 5.75 Å². The molecular weight excluding hydrogens is 436 g/mol. The first kappa shape index (κ1) is 22.9. The molecular formula is C26H28N2O4S. The van der Waals surface area contributed by atoms with Crippen molar-refractivity contribution in [3.8, 4) is 5.75 Å². The van der Waals surface area contributed by atoms with E-state index in [1.54, 1.807) is 18.0 Å². The molecule has 0 atom stereocenters. The average Bonchev–Trinajstić information content (AvgIpc) is 3.25. The Balaban J connectivity index is 1.66. The third kappa shape index (κ3) is 4.33. The van der Waals surface area contributed by atoms with Crippen LogP contribution in [0, 0.1) is 13.8 Å². The Kier molecular flexibility index (Phi) is 6.17. The van der Waals surface area contributed by atoms with E-state index in [-0.39, 0.29) is 16.4 Å². The van der Waals surface area contributed by atoms with Crippen LogP contribution in [0.1, 0.15) is 32.6 Å². The second-order valence-corrected chi connectivity index (χ2v) is 10.3. The maximum atomic E-state index is 13.5. The summed E-state index contributed by atoms with van der Waals surface area (Å²) in [5, 5.41) is 0. The fourth-order valence-electron chi connectivity index (χ4n) is 4.26. The molecule has 0 radical (unpaired) electrons. The summed E-state index contributed by atoms with van der Waals surface area (Å²) in [5.41, 5.74) is 5.21. The monoisotopic (exact) mass is 464 g/mol. The number of rotatable bonds is 6. The van der Waals surface area contributed by atoms with E-state index < -0.39 is 10.0 Å². The van der Waals surface area contributed by atoms with Crippen molar-refractivity contribution in [2.75, 3.05) is 25.0 Å². The number of aryl methyl sites for hydroxylation is 2. The molecule has 4 rings (SSSR count). The second kappa shape index (κ2) is 8.90. The van der Waals surface area contributed by atoms with Gasteiger partial charge in [-0.2, -0.15) is 0 Å². The van der Waals surface area contributed by atoms with Crippen LogP contribution >= 0.6 is 0 Å². The van der Waals surface area contributed by atoms with E-state index in [1.165, 1.54) is 23.5 Å². The van der Waals surface area contributed by atoms with Crippen molar-refractivity contribution < 1.29 is 17.9 Å². The van der Waals surface area contributed by atoms with Crippen molar-refractivity contribution in [2.45, 2.75) is 31.7 Å². The van der Waals surface area contributed by atoms with E-state index in [0.717, 1.165) is 22.3 Å². The highest BCUT2D eigenvalue weighted by molar-refractivity contribution is 7.92. The summed E-state index contributed by atoms with van der Waals surface area (Å²) >= 11 is 0. The molecule has 0 spiro atoms. The lowest BCUT2D eigenvalue weighted by Gasteiger charge is -2.22. The first-order chi connectivity index (χ1) is 15.7. The van der Waals surface area contributed by atoms with Gasteiger partial charge in [-0.25, -0.2) is 8.42 Å². The summed E-state index contributed by atoms with van der Waals surface area (Å²) in [5.74, 6) is 0.0407. The van der Waals surface area contributed by atoms with Gasteiger partial charge in [0.2, 0.25) is 0 Å². The molecule has 0 unspecified atom stereocenters. The average molecular weight is 465 g/mol. The first-order valence-corrected chi connectivity index (χ1v) is 12.3. The zero-order valence-corrected chi connectivity index (χ0v) is 20.1. The van der Waals surface area contributed by atoms with E-state index in [1.807, 2.05) is 50.2 Å². The van der Waals surface area contributed by atoms with Crippen molar-refractivity contribution in [1.82, 2.24) is 4.90 Å². The van der Waals surface area contributed by atoms with Gasteiger partial charge in [0.05, 0.1) is 23.3 Å². The van der Waals surface area contributed by atoms with Gasteiger partial charge in [0.1, 0.15) is 5.75 Å². The topological polar surface area (TPSA) is 66.9 Å². The summed E-state index contributed by atoms with van der Waals surface area (Å²) in [4.78, 5) is 15.0. The Morgan fingerprint density at radius 1 is 1.06 bits per heavy atom. The van der Waals surface area contributed by atoms with Crippen LogP contribution in [0.4, 0.5) is 5.69 Å². The Morgan fingerprint density at radius 2 is 1.82 bits per heavy atom. The van der Waals surface area contributed by atoms with E-state index in [2.05, 4.69) is 6.07 Å². The van der Waals surface area contributed by atoms with Crippen LogP contribution in [0.25, 0.3) is 0 Å². The third-order valence-electron chi connectivity index (χ3n) is 6.09. The number of methoxy groups -OCH3 is 1. The third-order valence-corrected chi connectivity index (χ3v) is 7.90. The number of anilines is 1. The molecule has 0 N–H and O–H groups in total. The number of amides is 1. The predicted octanol–water partition coefficient (Wildman–Crippen LogP) is 4.34. The van der Waals surface area contributed by atoms with Crippen LogP contribution in [0.3, 0.4) is 0 Å². The Hall–Kier alpha value is -3.32. The smallest absolute Gasteiger partial charge is 0.264 e. The van der Waals surface area contributed by atoms with Gasteiger partial charge in [-0.05, 0) is 61.2 Å². The molecule has 0 saturated heterocycles. The van der Waals surface area contributed by atoms with Gasteiger partial charge in [-0.1, -0.05) is 42.0 Å². The fraction of sp³-hybridized carbons (Fsp3) is 0.269. The van der Waals surface area contributed by atoms with E-state index in [0.29, 0.717) is 30.9 Å². The van der Waals surface area contributed by atoms with Crippen molar-refractivity contribution >= 4 is 21.6 Å². The molecule has 1 aliphatic heterocycles. The van der Waals surface area contributed by atoms with Gasteiger partial charge < -0.3 is 9.64 Å². The molecule has 1 amide bonds. The SMILES string of the molecule is COc1ccc(S(=O)(=O)N2CCc3ccccc32)cc1C(=O)N(C)Cc1ccc(C)cc1C. The lowest BCUT2D eigenvalue weighted by atomic mass is 10.0. The quantitative estimate of drug-likeness (QED) is 0.544. The van der Waals surface area contributed by atoms with Crippen molar-refractivity contribution in [3.63, 3.8) is 0 Å². The summed E-state index contributed by atoms with van der Waals surface area (Å²) in [6.07, 6.45) is 0.663. The van der Waals surface area contributed by atoms with Crippen LogP contribution in [0.2, 0.25) is 0 Å². The van der Waals surface area contributed by atoms with Crippen LogP contribution in [0.15, 0.2) is 65.6 Å². The largest absolute Gasteiger partial charge is 0.496 e. The molecule has 3 aromatic carbocycles. The highest BCUT2D eigenvalue weighted by Crippen LogP contribution is 2.34. The summed E-state index contributed by atoms with van der Waals surface area (Å²) in [6, 6.07) is 18.1. The lowest BCUT2D eigenvalue weighted by Crippen LogP contribution is -2.30. The number of benzene rings is 3. The highest BCUT2D eigenvalue weighted by Gasteiger charge is 2.32. The molecule has 3 aromatic rings. The molecule has 7 heteroatoms. The summed E-state index contributed by atoms with van der Waals surface area (Å²) < 4.78 is 33.8. The standard InChI is InChI=1S/C26H28N2O4S/c1-18-9-10-21(19(2)15-18)17-27(3)26(29)23-16-22(11-12-25(23)32-4)33(30,31)28-14-13-20-7-5-6-8-24(20)28/h5-12,15-16H,13-14,17H2,1-4H3. The number of hydrogen-bond donors (Lipinski definition) is 0. The minimum absolute atomic E-state index is 0.0725. The van der Waals surface area contributed by atoms with Crippen LogP contribution in [-0.4, -0.2) is 39.9 Å². The van der Waals surface area contributed by atoms with Gasteiger partial charge in [-0.15, -0.1) is 0 Å². The molecule has 0 aliphatic carbocycles. The zero-order valence-electron chi connectivity index (χ0n) is 19.3. The molecule has 33 heavy (non-hydrogen) atoms. The van der Waals surface area contributed by atoms with Crippen LogP contribution < -0.4 is 9.04 Å². The molecule has 1 heterocycles. The molecule has 6 nitrogen and oxygen atoms in total. The molecule has 0 aromatic heterocycles. The van der Waals surface area contributed by atoms with Crippen molar-refractivity contribution in [2.24, 2.45) is 0 Å². The van der Waals surface area contributed by atoms with Gasteiger partial charge in [0, 0.05) is 20.1 Å². The van der Waals surface area contributed by atoms with Crippen LogP contribution in [-0.2, 0) is 23.0 Å². The zero-order chi connectivity index (χ0) is 23.8. The normalized spacial score (nSPS) is 13.0. The van der Waals surface area contributed by atoms with Gasteiger partial charge in [0.15, 0.2) is 0 Å². The number of sulfonamides is 1. The van der Waals surface area contributed by atoms with Gasteiger partial charge in [-0.3, -0.25) is 9.10 Å². The van der Waals surface area contributed by atoms with E-state index in [4.69, 9.17) is 4.74 Å². The number of para-hydroxylation sites is 1. The number of nitrogens with zero attached hydrogens (tertiary/aromatic N) is 2. The maximum absolute atomic E-state index is 13.5. The minimum Gasteiger partial charge on any atom is -0.496 e. The van der Waals surface area contributed by atoms with E-state index >= 15 is 0 Å². The minimum atomic E-state index is -3.82. The predicted molar refractivity (Wildman–Crippen MR) is 129 cm³/mol. The number of hydrogen-bond acceptors (Lipinski definition) is 4. The van der Waals surface area contributed by atoms with E-state index in [9.17, 15) is 13.2 Å².